The van der Waals surface area contributed by atoms with E-state index in [1.807, 2.05) is 17.8 Å². The molecule has 0 fully saturated rings. The maximum Gasteiger partial charge on any atom is 0.222 e. The lowest BCUT2D eigenvalue weighted by molar-refractivity contribution is 0.103. The first kappa shape index (κ1) is 11.0. The Bertz CT molecular complexity index is 550. The molecule has 3 heterocycles. The van der Waals surface area contributed by atoms with Crippen molar-refractivity contribution in [3.8, 4) is 0 Å². The standard InChI is InChI=1S/C11H11N3OS2/c1-14-8(5-12-13-14)11(15)10-4-7-6-16-3-2-9(7)17-10/h4-5H,2-3,6H2,1H3. The van der Waals surface area contributed by atoms with Crippen molar-refractivity contribution in [3.63, 3.8) is 0 Å². The first-order valence-electron chi connectivity index (χ1n) is 5.34. The number of carbonyl (C=O) groups excluding carboxylic acids is 1. The number of carbonyl (C=O) groups is 1. The fourth-order valence-corrected chi connectivity index (χ4v) is 4.20. The summed E-state index contributed by atoms with van der Waals surface area (Å²) >= 11 is 3.55. The quantitative estimate of drug-likeness (QED) is 0.778. The molecule has 0 amide bonds. The number of nitrogens with zero attached hydrogens (tertiary/aromatic N) is 3. The van der Waals surface area contributed by atoms with Gasteiger partial charge in [-0.2, -0.15) is 11.8 Å². The lowest BCUT2D eigenvalue weighted by atomic mass is 10.2. The Labute approximate surface area is 107 Å². The van der Waals surface area contributed by atoms with Gasteiger partial charge in [-0.05, 0) is 23.8 Å². The first-order valence-corrected chi connectivity index (χ1v) is 7.31. The van der Waals surface area contributed by atoms with Crippen LogP contribution in [0.4, 0.5) is 0 Å². The Morgan fingerprint density at radius 3 is 3.12 bits per heavy atom. The number of fused-ring (bicyclic) bond motifs is 1. The summed E-state index contributed by atoms with van der Waals surface area (Å²) in [6.45, 7) is 0. The summed E-state index contributed by atoms with van der Waals surface area (Å²) in [6, 6.07) is 2.03. The van der Waals surface area contributed by atoms with Crippen LogP contribution in [0.1, 0.15) is 25.8 Å². The van der Waals surface area contributed by atoms with Gasteiger partial charge in [-0.25, -0.2) is 4.68 Å². The number of aryl methyl sites for hydroxylation is 2. The topological polar surface area (TPSA) is 47.8 Å². The van der Waals surface area contributed by atoms with Gasteiger partial charge in [0.25, 0.3) is 0 Å². The van der Waals surface area contributed by atoms with Gasteiger partial charge in [0.2, 0.25) is 5.78 Å². The number of thiophene rings is 1. The van der Waals surface area contributed by atoms with Crippen LogP contribution in [0.15, 0.2) is 12.3 Å². The van der Waals surface area contributed by atoms with Crippen molar-refractivity contribution in [1.29, 1.82) is 0 Å². The Hall–Kier alpha value is -1.14. The molecule has 17 heavy (non-hydrogen) atoms. The van der Waals surface area contributed by atoms with E-state index < -0.39 is 0 Å². The van der Waals surface area contributed by atoms with Crippen LogP contribution in [0.3, 0.4) is 0 Å². The third kappa shape index (κ3) is 1.91. The number of aromatic nitrogens is 3. The highest BCUT2D eigenvalue weighted by atomic mass is 32.2. The van der Waals surface area contributed by atoms with Gasteiger partial charge in [0.1, 0.15) is 5.69 Å². The molecule has 0 aliphatic carbocycles. The van der Waals surface area contributed by atoms with Crippen LogP contribution >= 0.6 is 23.1 Å². The van der Waals surface area contributed by atoms with Gasteiger partial charge in [-0.3, -0.25) is 4.79 Å². The van der Waals surface area contributed by atoms with Crippen molar-refractivity contribution in [2.75, 3.05) is 5.75 Å². The molecule has 6 heteroatoms. The minimum absolute atomic E-state index is 0.0295. The molecule has 2 aromatic rings. The highest BCUT2D eigenvalue weighted by molar-refractivity contribution is 7.98. The lowest BCUT2D eigenvalue weighted by Crippen LogP contribution is -2.06. The number of thioether (sulfide) groups is 1. The summed E-state index contributed by atoms with van der Waals surface area (Å²) in [4.78, 5) is 14.4. The molecule has 2 aromatic heterocycles. The molecule has 1 aliphatic heterocycles. The fraction of sp³-hybridized carbons (Fsp3) is 0.364. The zero-order chi connectivity index (χ0) is 11.8. The Morgan fingerprint density at radius 2 is 2.41 bits per heavy atom. The minimum atomic E-state index is 0.0295. The summed E-state index contributed by atoms with van der Waals surface area (Å²) in [7, 11) is 1.74. The minimum Gasteiger partial charge on any atom is -0.286 e. The van der Waals surface area contributed by atoms with Crippen LogP contribution < -0.4 is 0 Å². The highest BCUT2D eigenvalue weighted by Crippen LogP contribution is 2.32. The second-order valence-electron chi connectivity index (χ2n) is 3.93. The van der Waals surface area contributed by atoms with E-state index in [9.17, 15) is 4.79 Å². The van der Waals surface area contributed by atoms with Gasteiger partial charge in [0.05, 0.1) is 11.1 Å². The molecule has 0 unspecified atom stereocenters. The smallest absolute Gasteiger partial charge is 0.222 e. The van der Waals surface area contributed by atoms with E-state index in [1.54, 1.807) is 18.4 Å². The molecule has 0 saturated carbocycles. The van der Waals surface area contributed by atoms with Crippen molar-refractivity contribution in [3.05, 3.63) is 33.3 Å². The summed E-state index contributed by atoms with van der Waals surface area (Å²) in [6.07, 6.45) is 2.61. The molecule has 0 aromatic carbocycles. The summed E-state index contributed by atoms with van der Waals surface area (Å²) in [5, 5.41) is 7.53. The van der Waals surface area contributed by atoms with Crippen molar-refractivity contribution in [2.24, 2.45) is 7.05 Å². The molecule has 0 saturated heterocycles. The SMILES string of the molecule is Cn1nncc1C(=O)c1cc2c(s1)CCSC2. The van der Waals surface area contributed by atoms with Gasteiger partial charge in [-0.1, -0.05) is 5.21 Å². The molecule has 0 atom stereocenters. The Kier molecular flexibility index (Phi) is 2.76. The third-order valence-electron chi connectivity index (χ3n) is 2.80. The summed E-state index contributed by atoms with van der Waals surface area (Å²) < 4.78 is 1.52. The van der Waals surface area contributed by atoms with Crippen LogP contribution in [0, 0.1) is 0 Å². The van der Waals surface area contributed by atoms with Crippen LogP contribution in [-0.2, 0) is 19.2 Å². The number of rotatable bonds is 2. The van der Waals surface area contributed by atoms with Crippen molar-refractivity contribution < 1.29 is 4.79 Å². The van der Waals surface area contributed by atoms with Crippen molar-refractivity contribution in [1.82, 2.24) is 15.0 Å². The first-order chi connectivity index (χ1) is 8.25. The van der Waals surface area contributed by atoms with Crippen molar-refractivity contribution >= 4 is 28.9 Å². The van der Waals surface area contributed by atoms with Crippen molar-refractivity contribution in [2.45, 2.75) is 12.2 Å². The fourth-order valence-electron chi connectivity index (χ4n) is 1.88. The molecule has 0 radical (unpaired) electrons. The molecule has 0 N–H and O–H groups in total. The molecule has 0 spiro atoms. The van der Waals surface area contributed by atoms with Gasteiger partial charge < -0.3 is 0 Å². The number of hydrogen-bond donors (Lipinski definition) is 0. The molecule has 4 nitrogen and oxygen atoms in total. The average molecular weight is 265 g/mol. The monoisotopic (exact) mass is 265 g/mol. The Morgan fingerprint density at radius 1 is 1.53 bits per heavy atom. The Balaban J connectivity index is 1.97. The maximum atomic E-state index is 12.2. The lowest BCUT2D eigenvalue weighted by Gasteiger charge is -2.08. The van der Waals surface area contributed by atoms with Gasteiger partial charge in [0.15, 0.2) is 0 Å². The predicted molar refractivity (Wildman–Crippen MR) is 68.6 cm³/mol. The molecule has 88 valence electrons. The van der Waals surface area contributed by atoms with Crippen LogP contribution in [-0.4, -0.2) is 26.5 Å². The molecular weight excluding hydrogens is 254 g/mol. The van der Waals surface area contributed by atoms with Gasteiger partial charge in [-0.15, -0.1) is 16.4 Å². The number of hydrogen-bond acceptors (Lipinski definition) is 5. The van der Waals surface area contributed by atoms with E-state index in [0.717, 1.165) is 22.8 Å². The van der Waals surface area contributed by atoms with Gasteiger partial charge >= 0.3 is 0 Å². The van der Waals surface area contributed by atoms with E-state index >= 15 is 0 Å². The zero-order valence-electron chi connectivity index (χ0n) is 9.34. The average Bonchev–Trinajstić information content (AvgIpc) is 2.93. The van der Waals surface area contributed by atoms with E-state index in [0.29, 0.717) is 5.69 Å². The van der Waals surface area contributed by atoms with Crippen LogP contribution in [0.2, 0.25) is 0 Å². The highest BCUT2D eigenvalue weighted by Gasteiger charge is 2.20. The summed E-state index contributed by atoms with van der Waals surface area (Å²) in [5.41, 5.74) is 1.88. The van der Waals surface area contributed by atoms with E-state index in [-0.39, 0.29) is 5.78 Å². The maximum absolute atomic E-state index is 12.2. The van der Waals surface area contributed by atoms with E-state index in [1.165, 1.54) is 21.3 Å². The van der Waals surface area contributed by atoms with Crippen LogP contribution in [0.25, 0.3) is 0 Å². The summed E-state index contributed by atoms with van der Waals surface area (Å²) in [5.74, 6) is 2.22. The van der Waals surface area contributed by atoms with E-state index in [2.05, 4.69) is 10.3 Å². The van der Waals surface area contributed by atoms with Crippen LogP contribution in [0.5, 0.6) is 0 Å². The third-order valence-corrected chi connectivity index (χ3v) is 5.04. The molecule has 1 aliphatic rings. The second kappa shape index (κ2) is 4.27. The second-order valence-corrected chi connectivity index (χ2v) is 6.18. The normalized spacial score (nSPS) is 14.6. The molecular formula is C11H11N3OS2. The predicted octanol–water partition coefficient (Wildman–Crippen LogP) is 1.90. The molecule has 0 bridgehead atoms. The largest absolute Gasteiger partial charge is 0.286 e. The molecule has 3 rings (SSSR count). The van der Waals surface area contributed by atoms with Gasteiger partial charge in [0, 0.05) is 17.7 Å². The van der Waals surface area contributed by atoms with E-state index in [4.69, 9.17) is 0 Å². The number of ketones is 1. The zero-order valence-corrected chi connectivity index (χ0v) is 11.0.